The van der Waals surface area contributed by atoms with Crippen LogP contribution in [0.25, 0.3) is 0 Å². The molecular weight excluding hydrogens is 288 g/mol. The van der Waals surface area contributed by atoms with Gasteiger partial charge >= 0.3 is 5.97 Å². The normalized spacial score (nSPS) is 17.9. The van der Waals surface area contributed by atoms with Gasteiger partial charge in [0.05, 0.1) is 13.2 Å². The Balaban J connectivity index is 2.55. The molecule has 0 saturated carbocycles. The predicted molar refractivity (Wildman–Crippen MR) is 87.9 cm³/mol. The van der Waals surface area contributed by atoms with Crippen LogP contribution in [0.1, 0.15) is 20.3 Å². The van der Waals surface area contributed by atoms with E-state index in [4.69, 9.17) is 9.47 Å². The second kappa shape index (κ2) is 11.3. The summed E-state index contributed by atoms with van der Waals surface area (Å²) in [6.45, 7) is 9.91. The van der Waals surface area contributed by atoms with E-state index >= 15 is 0 Å². The summed E-state index contributed by atoms with van der Waals surface area (Å²) >= 11 is 2.02. The van der Waals surface area contributed by atoms with Gasteiger partial charge in [-0.15, -0.1) is 0 Å². The van der Waals surface area contributed by atoms with E-state index in [0.717, 1.165) is 39.1 Å². The quantitative estimate of drug-likeness (QED) is 0.566. The zero-order valence-corrected chi connectivity index (χ0v) is 14.5. The van der Waals surface area contributed by atoms with Gasteiger partial charge in [-0.1, -0.05) is 6.92 Å². The van der Waals surface area contributed by atoms with Crippen LogP contribution in [-0.4, -0.2) is 86.4 Å². The first-order valence-electron chi connectivity index (χ1n) is 7.92. The van der Waals surface area contributed by atoms with Gasteiger partial charge in [0.15, 0.2) is 0 Å². The van der Waals surface area contributed by atoms with E-state index in [1.807, 2.05) is 18.7 Å². The third-order valence-corrected chi connectivity index (χ3v) is 4.58. The maximum atomic E-state index is 12.1. The van der Waals surface area contributed by atoms with Gasteiger partial charge < -0.3 is 14.4 Å². The molecule has 5 nitrogen and oxygen atoms in total. The molecule has 0 N–H and O–H groups in total. The van der Waals surface area contributed by atoms with Crippen LogP contribution in [0.2, 0.25) is 0 Å². The Labute approximate surface area is 133 Å². The Kier molecular flexibility index (Phi) is 10.1. The fourth-order valence-electron chi connectivity index (χ4n) is 2.52. The van der Waals surface area contributed by atoms with Crippen LogP contribution in [0.5, 0.6) is 0 Å². The molecule has 1 unspecified atom stereocenters. The molecule has 0 aromatic rings. The smallest absolute Gasteiger partial charge is 0.325 e. The van der Waals surface area contributed by atoms with E-state index in [2.05, 4.69) is 16.7 Å². The Hall–Kier alpha value is -0.300. The SMILES string of the molecule is CCCN(CCN1CCSCC1)C(COC)C(=O)OCC. The number of hydrogen-bond donors (Lipinski definition) is 0. The number of esters is 1. The second-order valence-corrected chi connectivity index (χ2v) is 6.44. The van der Waals surface area contributed by atoms with Gasteiger partial charge in [0.25, 0.3) is 0 Å². The van der Waals surface area contributed by atoms with E-state index in [-0.39, 0.29) is 12.0 Å². The number of rotatable bonds is 10. The van der Waals surface area contributed by atoms with Crippen molar-refractivity contribution in [3.63, 3.8) is 0 Å². The van der Waals surface area contributed by atoms with Gasteiger partial charge in [-0.3, -0.25) is 9.69 Å². The van der Waals surface area contributed by atoms with Crippen LogP contribution >= 0.6 is 11.8 Å². The fraction of sp³-hybridized carbons (Fsp3) is 0.933. The molecular formula is C15H30N2O3S. The summed E-state index contributed by atoms with van der Waals surface area (Å²) in [4.78, 5) is 16.8. The highest BCUT2D eigenvalue weighted by Crippen LogP contribution is 2.10. The highest BCUT2D eigenvalue weighted by molar-refractivity contribution is 7.99. The van der Waals surface area contributed by atoms with Crippen molar-refractivity contribution in [2.75, 3.05) is 64.6 Å². The molecule has 6 heteroatoms. The van der Waals surface area contributed by atoms with Gasteiger partial charge in [0, 0.05) is 44.8 Å². The molecule has 0 radical (unpaired) electrons. The largest absolute Gasteiger partial charge is 0.465 e. The number of carbonyl (C=O) groups is 1. The number of nitrogens with zero attached hydrogens (tertiary/aromatic N) is 2. The minimum absolute atomic E-state index is 0.165. The van der Waals surface area contributed by atoms with E-state index in [1.54, 1.807) is 7.11 Å². The summed E-state index contributed by atoms with van der Waals surface area (Å²) in [6, 6.07) is -0.283. The van der Waals surface area contributed by atoms with E-state index in [1.165, 1.54) is 11.5 Å². The summed E-state index contributed by atoms with van der Waals surface area (Å²) < 4.78 is 10.4. The molecule has 0 bridgehead atoms. The zero-order chi connectivity index (χ0) is 15.5. The van der Waals surface area contributed by atoms with E-state index < -0.39 is 0 Å². The van der Waals surface area contributed by atoms with Gasteiger partial charge in [0.2, 0.25) is 0 Å². The third-order valence-electron chi connectivity index (χ3n) is 3.64. The first-order chi connectivity index (χ1) is 10.2. The van der Waals surface area contributed by atoms with Gasteiger partial charge in [-0.2, -0.15) is 11.8 Å². The standard InChI is InChI=1S/C15H30N2O3S/c1-4-6-17(8-7-16-9-11-21-12-10-16)14(13-19-3)15(18)20-5-2/h14H,4-13H2,1-3H3. The Morgan fingerprint density at radius 2 is 2.00 bits per heavy atom. The highest BCUT2D eigenvalue weighted by atomic mass is 32.2. The topological polar surface area (TPSA) is 42.0 Å². The first-order valence-corrected chi connectivity index (χ1v) is 9.08. The molecule has 1 heterocycles. The van der Waals surface area contributed by atoms with Crippen LogP contribution in [0, 0.1) is 0 Å². The number of hydrogen-bond acceptors (Lipinski definition) is 6. The molecule has 1 aliphatic rings. The van der Waals surface area contributed by atoms with Crippen molar-refractivity contribution in [2.45, 2.75) is 26.3 Å². The maximum absolute atomic E-state index is 12.1. The molecule has 0 aromatic heterocycles. The van der Waals surface area contributed by atoms with Crippen molar-refractivity contribution >= 4 is 17.7 Å². The number of ether oxygens (including phenoxy) is 2. The number of thioether (sulfide) groups is 1. The predicted octanol–water partition coefficient (Wildman–Crippen LogP) is 1.33. The molecule has 124 valence electrons. The molecule has 1 saturated heterocycles. The minimum atomic E-state index is -0.283. The van der Waals surface area contributed by atoms with Gasteiger partial charge in [0.1, 0.15) is 6.04 Å². The summed E-state index contributed by atoms with van der Waals surface area (Å²) in [6.07, 6.45) is 1.02. The minimum Gasteiger partial charge on any atom is -0.465 e. The van der Waals surface area contributed by atoms with Crippen molar-refractivity contribution in [1.82, 2.24) is 9.80 Å². The van der Waals surface area contributed by atoms with Crippen molar-refractivity contribution in [3.05, 3.63) is 0 Å². The summed E-state index contributed by atoms with van der Waals surface area (Å²) in [5.74, 6) is 2.27. The monoisotopic (exact) mass is 318 g/mol. The van der Waals surface area contributed by atoms with Crippen LogP contribution < -0.4 is 0 Å². The van der Waals surface area contributed by atoms with E-state index in [9.17, 15) is 4.79 Å². The molecule has 0 aliphatic carbocycles. The van der Waals surface area contributed by atoms with Gasteiger partial charge in [-0.25, -0.2) is 0 Å². The molecule has 1 atom stereocenters. The molecule has 0 spiro atoms. The van der Waals surface area contributed by atoms with Crippen molar-refractivity contribution in [2.24, 2.45) is 0 Å². The van der Waals surface area contributed by atoms with Crippen molar-refractivity contribution in [1.29, 1.82) is 0 Å². The van der Waals surface area contributed by atoms with Crippen molar-refractivity contribution in [3.8, 4) is 0 Å². The fourth-order valence-corrected chi connectivity index (χ4v) is 3.50. The van der Waals surface area contributed by atoms with Crippen LogP contribution in [0.15, 0.2) is 0 Å². The summed E-state index contributed by atoms with van der Waals surface area (Å²) in [5.41, 5.74) is 0. The Morgan fingerprint density at radius 3 is 2.57 bits per heavy atom. The van der Waals surface area contributed by atoms with E-state index in [0.29, 0.717) is 13.2 Å². The molecule has 0 aromatic carbocycles. The average Bonchev–Trinajstić information content (AvgIpc) is 2.50. The van der Waals surface area contributed by atoms with Crippen molar-refractivity contribution < 1.29 is 14.3 Å². The summed E-state index contributed by atoms with van der Waals surface area (Å²) in [7, 11) is 1.64. The molecule has 1 aliphatic heterocycles. The Bertz CT molecular complexity index is 286. The summed E-state index contributed by atoms with van der Waals surface area (Å²) in [5, 5.41) is 0. The van der Waals surface area contributed by atoms with Crippen LogP contribution in [-0.2, 0) is 14.3 Å². The lowest BCUT2D eigenvalue weighted by atomic mass is 10.2. The first kappa shape index (κ1) is 18.7. The molecule has 0 amide bonds. The highest BCUT2D eigenvalue weighted by Gasteiger charge is 2.27. The maximum Gasteiger partial charge on any atom is 0.325 e. The molecule has 1 fully saturated rings. The number of carbonyl (C=O) groups excluding carboxylic acids is 1. The lowest BCUT2D eigenvalue weighted by Gasteiger charge is -2.33. The number of methoxy groups -OCH3 is 1. The van der Waals surface area contributed by atoms with Crippen LogP contribution in [0.3, 0.4) is 0 Å². The third kappa shape index (κ3) is 7.00. The molecule has 21 heavy (non-hydrogen) atoms. The molecule has 1 rings (SSSR count). The lowest BCUT2D eigenvalue weighted by molar-refractivity contribution is -0.151. The Morgan fingerprint density at radius 1 is 1.29 bits per heavy atom. The lowest BCUT2D eigenvalue weighted by Crippen LogP contribution is -2.49. The second-order valence-electron chi connectivity index (χ2n) is 5.21. The van der Waals surface area contributed by atoms with Gasteiger partial charge in [-0.05, 0) is 19.9 Å². The zero-order valence-electron chi connectivity index (χ0n) is 13.7. The average molecular weight is 318 g/mol. The van der Waals surface area contributed by atoms with Crippen LogP contribution in [0.4, 0.5) is 0 Å².